The quantitative estimate of drug-likeness (QED) is 0.493. The zero-order chi connectivity index (χ0) is 14.2. The maximum Gasteiger partial charge on any atom is 0.330 e. The lowest BCUT2D eigenvalue weighted by atomic mass is 10.1. The minimum absolute atomic E-state index is 0.123. The summed E-state index contributed by atoms with van der Waals surface area (Å²) in [5, 5.41) is 28.4. The lowest BCUT2D eigenvalue weighted by Crippen LogP contribution is -2.38. The van der Waals surface area contributed by atoms with Gasteiger partial charge in [0.15, 0.2) is 6.23 Å². The minimum Gasteiger partial charge on any atom is -0.394 e. The molecule has 2 rings (SSSR count). The molecule has 1 saturated heterocycles. The van der Waals surface area contributed by atoms with E-state index < -0.39 is 42.4 Å². The lowest BCUT2D eigenvalue weighted by Gasteiger charge is -2.17. The molecular weight excluding hydrogens is 256 g/mol. The largest absolute Gasteiger partial charge is 0.394 e. The van der Waals surface area contributed by atoms with Crippen LogP contribution in [-0.4, -0.2) is 49.8 Å². The van der Waals surface area contributed by atoms with Crippen LogP contribution in [0.2, 0.25) is 0 Å². The second-order valence-electron chi connectivity index (χ2n) is 4.18. The molecule has 4 atom stereocenters. The Hall–Kier alpha value is -1.74. The van der Waals surface area contributed by atoms with Crippen molar-refractivity contribution < 1.29 is 20.1 Å². The van der Waals surface area contributed by atoms with Crippen molar-refractivity contribution in [2.24, 2.45) is 0 Å². The zero-order valence-electron chi connectivity index (χ0n) is 9.89. The fraction of sp³-hybridized carbons (Fsp3) is 0.455. The molecule has 1 aliphatic heterocycles. The van der Waals surface area contributed by atoms with Gasteiger partial charge in [-0.25, -0.2) is 4.79 Å². The fourth-order valence-electron chi connectivity index (χ4n) is 1.95. The molecule has 1 fully saturated rings. The topological polar surface area (TPSA) is 125 Å². The number of H-pyrrole nitrogens is 1. The summed E-state index contributed by atoms with van der Waals surface area (Å²) in [4.78, 5) is 25.1. The summed E-state index contributed by atoms with van der Waals surface area (Å²) >= 11 is 0. The molecule has 19 heavy (non-hydrogen) atoms. The number of hydrogen-bond acceptors (Lipinski definition) is 6. The molecule has 0 saturated carbocycles. The molecule has 4 unspecified atom stereocenters. The Kier molecular flexibility index (Phi) is 3.67. The first-order chi connectivity index (χ1) is 8.99. The maximum absolute atomic E-state index is 11.7. The highest BCUT2D eigenvalue weighted by molar-refractivity contribution is 5.43. The summed E-state index contributed by atoms with van der Waals surface area (Å²) in [5.41, 5.74) is -1.27. The number of aromatic amines is 1. The van der Waals surface area contributed by atoms with Gasteiger partial charge in [0.05, 0.1) is 12.2 Å². The second kappa shape index (κ2) is 5.10. The van der Waals surface area contributed by atoms with Gasteiger partial charge < -0.3 is 20.1 Å². The van der Waals surface area contributed by atoms with E-state index in [1.54, 1.807) is 0 Å². The van der Waals surface area contributed by atoms with Crippen molar-refractivity contribution in [2.75, 3.05) is 6.61 Å². The van der Waals surface area contributed by atoms with Crippen LogP contribution in [0.25, 0.3) is 6.08 Å². The van der Waals surface area contributed by atoms with Gasteiger partial charge >= 0.3 is 5.69 Å². The van der Waals surface area contributed by atoms with Crippen molar-refractivity contribution in [1.82, 2.24) is 9.55 Å². The molecule has 1 aromatic rings. The smallest absolute Gasteiger partial charge is 0.330 e. The highest BCUT2D eigenvalue weighted by Gasteiger charge is 2.43. The van der Waals surface area contributed by atoms with Crippen LogP contribution in [-0.2, 0) is 4.74 Å². The Bertz CT molecular complexity index is 592. The monoisotopic (exact) mass is 270 g/mol. The predicted octanol–water partition coefficient (Wildman–Crippen LogP) is -2.21. The summed E-state index contributed by atoms with van der Waals surface area (Å²) in [5.74, 6) is 0. The molecule has 0 aliphatic carbocycles. The Balaban J connectivity index is 2.46. The summed E-state index contributed by atoms with van der Waals surface area (Å²) in [6, 6.07) is 0. The number of ether oxygens (including phenoxy) is 1. The van der Waals surface area contributed by atoms with Crippen LogP contribution >= 0.6 is 0 Å². The van der Waals surface area contributed by atoms with Gasteiger partial charge in [-0.15, -0.1) is 0 Å². The molecule has 1 aromatic heterocycles. The van der Waals surface area contributed by atoms with E-state index in [-0.39, 0.29) is 5.56 Å². The Morgan fingerprint density at radius 1 is 1.42 bits per heavy atom. The molecule has 8 nitrogen and oxygen atoms in total. The van der Waals surface area contributed by atoms with Crippen LogP contribution in [0, 0.1) is 0 Å². The summed E-state index contributed by atoms with van der Waals surface area (Å²) in [6.45, 7) is 2.93. The zero-order valence-corrected chi connectivity index (χ0v) is 9.89. The second-order valence-corrected chi connectivity index (χ2v) is 4.18. The third-order valence-electron chi connectivity index (χ3n) is 3.01. The predicted molar refractivity (Wildman–Crippen MR) is 64.4 cm³/mol. The molecule has 0 spiro atoms. The summed E-state index contributed by atoms with van der Waals surface area (Å²) in [6.07, 6.45) is -2.47. The highest BCUT2D eigenvalue weighted by atomic mass is 16.6. The molecule has 0 bridgehead atoms. The third kappa shape index (κ3) is 2.26. The first-order valence-corrected chi connectivity index (χ1v) is 5.60. The van der Waals surface area contributed by atoms with Gasteiger partial charge in [-0.05, 0) is 0 Å². The van der Waals surface area contributed by atoms with E-state index in [4.69, 9.17) is 9.84 Å². The van der Waals surface area contributed by atoms with Gasteiger partial charge in [0.1, 0.15) is 18.3 Å². The number of hydrogen-bond donors (Lipinski definition) is 4. The number of aliphatic hydroxyl groups is 3. The maximum atomic E-state index is 11.7. The van der Waals surface area contributed by atoms with Gasteiger partial charge in [0, 0.05) is 6.20 Å². The van der Waals surface area contributed by atoms with E-state index in [9.17, 15) is 19.8 Å². The van der Waals surface area contributed by atoms with Crippen molar-refractivity contribution in [3.05, 3.63) is 39.2 Å². The molecule has 0 amide bonds. The van der Waals surface area contributed by atoms with Gasteiger partial charge in [-0.3, -0.25) is 14.3 Å². The molecular formula is C11H14N2O6. The van der Waals surface area contributed by atoms with Crippen molar-refractivity contribution in [3.63, 3.8) is 0 Å². The van der Waals surface area contributed by atoms with Crippen LogP contribution in [0.1, 0.15) is 11.8 Å². The number of nitrogens with one attached hydrogen (secondary N) is 1. The molecule has 1 aliphatic rings. The highest BCUT2D eigenvalue weighted by Crippen LogP contribution is 2.27. The van der Waals surface area contributed by atoms with E-state index in [0.29, 0.717) is 0 Å². The average Bonchev–Trinajstić information content (AvgIpc) is 2.67. The average molecular weight is 270 g/mol. The van der Waals surface area contributed by atoms with Gasteiger partial charge in [-0.1, -0.05) is 12.7 Å². The summed E-state index contributed by atoms with van der Waals surface area (Å²) in [7, 11) is 0. The van der Waals surface area contributed by atoms with Crippen LogP contribution in [0.5, 0.6) is 0 Å². The van der Waals surface area contributed by atoms with Gasteiger partial charge in [-0.2, -0.15) is 0 Å². The van der Waals surface area contributed by atoms with Crippen molar-refractivity contribution >= 4 is 6.08 Å². The standard InChI is InChI=1S/C11H14N2O6/c1-2-5-3-13(11(18)12-9(5)17)10-8(16)7(15)6(4-14)19-10/h2-3,6-8,10,14-16H,1,4H2,(H,12,17,18). The Morgan fingerprint density at radius 2 is 2.11 bits per heavy atom. The van der Waals surface area contributed by atoms with Gasteiger partial charge in [0.2, 0.25) is 0 Å². The van der Waals surface area contributed by atoms with Crippen LogP contribution < -0.4 is 11.2 Å². The fourth-order valence-corrected chi connectivity index (χ4v) is 1.95. The molecule has 2 heterocycles. The Labute approximate surface area is 107 Å². The van der Waals surface area contributed by atoms with Crippen LogP contribution in [0.3, 0.4) is 0 Å². The molecule has 104 valence electrons. The lowest BCUT2D eigenvalue weighted by molar-refractivity contribution is -0.0550. The van der Waals surface area contributed by atoms with E-state index in [2.05, 4.69) is 6.58 Å². The molecule has 4 N–H and O–H groups in total. The molecule has 8 heteroatoms. The summed E-state index contributed by atoms with van der Waals surface area (Å²) < 4.78 is 6.14. The van der Waals surface area contributed by atoms with Gasteiger partial charge in [0.25, 0.3) is 5.56 Å². The minimum atomic E-state index is -1.39. The Morgan fingerprint density at radius 3 is 2.63 bits per heavy atom. The van der Waals surface area contributed by atoms with E-state index >= 15 is 0 Å². The number of aliphatic hydroxyl groups excluding tert-OH is 3. The number of nitrogens with zero attached hydrogens (tertiary/aromatic N) is 1. The number of rotatable bonds is 3. The SMILES string of the molecule is C=Cc1cn(C2OC(CO)C(O)C2O)c(=O)[nH]c1=O. The van der Waals surface area contributed by atoms with E-state index in [0.717, 1.165) is 4.57 Å². The van der Waals surface area contributed by atoms with E-state index in [1.165, 1.54) is 12.3 Å². The third-order valence-corrected chi connectivity index (χ3v) is 3.01. The normalized spacial score (nSPS) is 30.5. The van der Waals surface area contributed by atoms with Crippen molar-refractivity contribution in [3.8, 4) is 0 Å². The van der Waals surface area contributed by atoms with Crippen LogP contribution in [0.4, 0.5) is 0 Å². The first-order valence-electron chi connectivity index (χ1n) is 5.60. The van der Waals surface area contributed by atoms with Crippen molar-refractivity contribution in [2.45, 2.75) is 24.5 Å². The van der Waals surface area contributed by atoms with E-state index in [1.807, 2.05) is 4.98 Å². The molecule has 0 radical (unpaired) electrons. The molecule has 0 aromatic carbocycles. The first kappa shape index (κ1) is 13.7. The van der Waals surface area contributed by atoms with Crippen molar-refractivity contribution in [1.29, 1.82) is 0 Å². The van der Waals surface area contributed by atoms with Crippen LogP contribution in [0.15, 0.2) is 22.4 Å². The number of aromatic nitrogens is 2.